The molecule has 1 aromatic heterocycles. The summed E-state index contributed by atoms with van der Waals surface area (Å²) >= 11 is 0. The molecule has 1 heterocycles. The van der Waals surface area contributed by atoms with Crippen LogP contribution in [0.15, 0.2) is 48.8 Å². The van der Waals surface area contributed by atoms with E-state index in [2.05, 4.69) is 9.97 Å². The van der Waals surface area contributed by atoms with Gasteiger partial charge in [0.1, 0.15) is 17.6 Å². The summed E-state index contributed by atoms with van der Waals surface area (Å²) in [7, 11) is -0.212. The van der Waals surface area contributed by atoms with Crippen molar-refractivity contribution in [2.75, 3.05) is 13.3 Å². The Balaban J connectivity index is 1.97. The fourth-order valence-electron chi connectivity index (χ4n) is 2.51. The number of benzene rings is 2. The van der Waals surface area contributed by atoms with Crippen molar-refractivity contribution in [2.24, 2.45) is 0 Å². The predicted octanol–water partition coefficient (Wildman–Crippen LogP) is 3.14. The average Bonchev–Trinajstić information content (AvgIpc) is 2.59. The Labute approximate surface area is 135 Å². The number of hydrogen-bond acceptors (Lipinski definition) is 5. The number of aryl methyl sites for hydroxylation is 1. The SMILES string of the molecule is COc1cccc2c(-c3ccc(CCP(O)O)cc3)ncnc12. The summed E-state index contributed by atoms with van der Waals surface area (Å²) < 4.78 is 5.36. The lowest BCUT2D eigenvalue weighted by Crippen LogP contribution is -1.93. The van der Waals surface area contributed by atoms with E-state index in [0.29, 0.717) is 12.6 Å². The van der Waals surface area contributed by atoms with Gasteiger partial charge in [0.15, 0.2) is 8.38 Å². The molecule has 0 aliphatic heterocycles. The van der Waals surface area contributed by atoms with Gasteiger partial charge in [0.05, 0.1) is 12.8 Å². The van der Waals surface area contributed by atoms with Crippen LogP contribution in [-0.4, -0.2) is 33.0 Å². The first kappa shape index (κ1) is 15.8. The highest BCUT2D eigenvalue weighted by molar-refractivity contribution is 7.45. The molecule has 3 aromatic rings. The predicted molar refractivity (Wildman–Crippen MR) is 91.5 cm³/mol. The van der Waals surface area contributed by atoms with Crippen molar-refractivity contribution in [3.05, 3.63) is 54.4 Å². The minimum atomic E-state index is -1.84. The van der Waals surface area contributed by atoms with E-state index in [9.17, 15) is 0 Å². The Morgan fingerprint density at radius 2 is 1.83 bits per heavy atom. The summed E-state index contributed by atoms with van der Waals surface area (Å²) in [5.41, 5.74) is 3.70. The lowest BCUT2D eigenvalue weighted by atomic mass is 10.0. The second kappa shape index (κ2) is 7.01. The van der Waals surface area contributed by atoms with Crippen LogP contribution in [0.4, 0.5) is 0 Å². The van der Waals surface area contributed by atoms with Gasteiger partial charge in [0, 0.05) is 17.1 Å². The highest BCUT2D eigenvalue weighted by Crippen LogP contribution is 2.30. The fourth-order valence-corrected chi connectivity index (χ4v) is 2.97. The van der Waals surface area contributed by atoms with E-state index in [-0.39, 0.29) is 0 Å². The minimum absolute atomic E-state index is 0.391. The van der Waals surface area contributed by atoms with Crippen molar-refractivity contribution in [1.82, 2.24) is 9.97 Å². The van der Waals surface area contributed by atoms with Crippen LogP contribution in [0.3, 0.4) is 0 Å². The number of para-hydroxylation sites is 1. The molecule has 0 amide bonds. The summed E-state index contributed by atoms with van der Waals surface area (Å²) in [5.74, 6) is 0.724. The van der Waals surface area contributed by atoms with Crippen LogP contribution in [-0.2, 0) is 6.42 Å². The molecular formula is C17H17N2O3P. The van der Waals surface area contributed by atoms with Crippen LogP contribution >= 0.6 is 8.38 Å². The van der Waals surface area contributed by atoms with Crippen molar-refractivity contribution in [2.45, 2.75) is 6.42 Å². The summed E-state index contributed by atoms with van der Waals surface area (Å²) in [6.07, 6.45) is 2.58. The molecule has 0 aliphatic carbocycles. The van der Waals surface area contributed by atoms with Crippen LogP contribution in [0.25, 0.3) is 22.2 Å². The van der Waals surface area contributed by atoms with Gasteiger partial charge >= 0.3 is 0 Å². The smallest absolute Gasteiger partial charge is 0.165 e. The number of hydrogen-bond donors (Lipinski definition) is 2. The maximum Gasteiger partial charge on any atom is 0.165 e. The molecular weight excluding hydrogens is 311 g/mol. The minimum Gasteiger partial charge on any atom is -0.494 e. The van der Waals surface area contributed by atoms with Gasteiger partial charge in [0.2, 0.25) is 0 Å². The van der Waals surface area contributed by atoms with Crippen molar-refractivity contribution >= 4 is 19.3 Å². The molecule has 0 unspecified atom stereocenters. The first-order valence-corrected chi connectivity index (χ1v) is 8.64. The molecule has 2 aromatic carbocycles. The van der Waals surface area contributed by atoms with Crippen molar-refractivity contribution in [3.8, 4) is 17.0 Å². The third kappa shape index (κ3) is 3.48. The van der Waals surface area contributed by atoms with Crippen LogP contribution in [0.1, 0.15) is 5.56 Å². The normalized spacial score (nSPS) is 11.1. The third-order valence-electron chi connectivity index (χ3n) is 3.68. The zero-order chi connectivity index (χ0) is 16.2. The lowest BCUT2D eigenvalue weighted by Gasteiger charge is -2.09. The zero-order valence-corrected chi connectivity index (χ0v) is 13.6. The molecule has 0 bridgehead atoms. The number of rotatable bonds is 5. The van der Waals surface area contributed by atoms with Gasteiger partial charge in [-0.25, -0.2) is 9.97 Å². The molecule has 23 heavy (non-hydrogen) atoms. The maximum atomic E-state index is 9.01. The Morgan fingerprint density at radius 3 is 2.52 bits per heavy atom. The van der Waals surface area contributed by atoms with E-state index in [1.165, 1.54) is 0 Å². The van der Waals surface area contributed by atoms with E-state index in [0.717, 1.165) is 33.5 Å². The average molecular weight is 328 g/mol. The molecule has 0 radical (unpaired) electrons. The lowest BCUT2D eigenvalue weighted by molar-refractivity contribution is 0.419. The quantitative estimate of drug-likeness (QED) is 0.704. The van der Waals surface area contributed by atoms with Crippen LogP contribution in [0.2, 0.25) is 0 Å². The molecule has 2 N–H and O–H groups in total. The molecule has 0 atom stereocenters. The molecule has 118 valence electrons. The second-order valence-electron chi connectivity index (χ2n) is 5.12. The molecule has 0 fully saturated rings. The molecule has 0 saturated heterocycles. The van der Waals surface area contributed by atoms with Gasteiger partial charge in [-0.2, -0.15) is 0 Å². The largest absolute Gasteiger partial charge is 0.494 e. The molecule has 3 rings (SSSR count). The van der Waals surface area contributed by atoms with E-state index >= 15 is 0 Å². The molecule has 0 saturated carbocycles. The standard InChI is InChI=1S/C17H17N2O3P/c1-22-15-4-2-3-14-16(18-11-19-17(14)15)13-7-5-12(6-8-13)9-10-23(20)21/h2-8,11,20-21H,9-10H2,1H3. The van der Waals surface area contributed by atoms with Gasteiger partial charge in [-0.15, -0.1) is 0 Å². The summed E-state index contributed by atoms with van der Waals surface area (Å²) in [4.78, 5) is 26.7. The molecule has 6 heteroatoms. The van der Waals surface area contributed by atoms with Crippen molar-refractivity contribution in [1.29, 1.82) is 0 Å². The van der Waals surface area contributed by atoms with Crippen LogP contribution in [0, 0.1) is 0 Å². The van der Waals surface area contributed by atoms with Gasteiger partial charge in [-0.3, -0.25) is 0 Å². The fraction of sp³-hybridized carbons (Fsp3) is 0.176. The van der Waals surface area contributed by atoms with E-state index in [4.69, 9.17) is 14.5 Å². The number of fused-ring (bicyclic) bond motifs is 1. The molecule has 5 nitrogen and oxygen atoms in total. The van der Waals surface area contributed by atoms with Crippen molar-refractivity contribution < 1.29 is 14.5 Å². The third-order valence-corrected chi connectivity index (χ3v) is 4.30. The highest BCUT2D eigenvalue weighted by atomic mass is 31.2. The first-order chi connectivity index (χ1) is 11.2. The summed E-state index contributed by atoms with van der Waals surface area (Å²) in [6.45, 7) is 0. The van der Waals surface area contributed by atoms with Gasteiger partial charge in [-0.05, 0) is 18.1 Å². The van der Waals surface area contributed by atoms with Gasteiger partial charge in [-0.1, -0.05) is 36.4 Å². The first-order valence-electron chi connectivity index (χ1n) is 7.21. The van der Waals surface area contributed by atoms with E-state index < -0.39 is 8.38 Å². The monoisotopic (exact) mass is 328 g/mol. The maximum absolute atomic E-state index is 9.01. The number of aromatic nitrogens is 2. The highest BCUT2D eigenvalue weighted by Gasteiger charge is 2.10. The zero-order valence-electron chi connectivity index (χ0n) is 12.7. The Morgan fingerprint density at radius 1 is 1.04 bits per heavy atom. The van der Waals surface area contributed by atoms with Crippen LogP contribution in [0.5, 0.6) is 5.75 Å². The Bertz CT molecular complexity index is 807. The topological polar surface area (TPSA) is 75.5 Å². The van der Waals surface area contributed by atoms with Gasteiger partial charge in [0.25, 0.3) is 0 Å². The van der Waals surface area contributed by atoms with E-state index in [1.54, 1.807) is 13.4 Å². The van der Waals surface area contributed by atoms with Crippen molar-refractivity contribution in [3.63, 3.8) is 0 Å². The molecule has 0 spiro atoms. The molecule has 0 aliphatic rings. The Kier molecular flexibility index (Phi) is 4.82. The summed E-state index contributed by atoms with van der Waals surface area (Å²) in [5, 5.41) is 0.939. The second-order valence-corrected chi connectivity index (χ2v) is 6.31. The number of nitrogens with zero attached hydrogens (tertiary/aromatic N) is 2. The number of methoxy groups -OCH3 is 1. The van der Waals surface area contributed by atoms with Gasteiger partial charge < -0.3 is 14.5 Å². The summed E-state index contributed by atoms with van der Waals surface area (Å²) in [6, 6.07) is 13.7. The number of ether oxygens (including phenoxy) is 1. The van der Waals surface area contributed by atoms with E-state index in [1.807, 2.05) is 42.5 Å². The Hall–Kier alpha value is -2.07. The van der Waals surface area contributed by atoms with Crippen LogP contribution < -0.4 is 4.74 Å².